The van der Waals surface area contributed by atoms with Gasteiger partial charge in [-0.2, -0.15) is 10.1 Å². The topological polar surface area (TPSA) is 105 Å². The Kier molecular flexibility index (Phi) is 3.29. The van der Waals surface area contributed by atoms with Crippen LogP contribution in [0.25, 0.3) is 31.6 Å². The first-order valence-corrected chi connectivity index (χ1v) is 8.75. The number of nitrogens with zero attached hydrogens (tertiary/aromatic N) is 4. The Morgan fingerprint density at radius 3 is 2.88 bits per heavy atom. The fourth-order valence-corrected chi connectivity index (χ4v) is 3.94. The quantitative estimate of drug-likeness (QED) is 0.450. The molecule has 4 heterocycles. The number of nitrogens with one attached hydrogen (secondary N) is 2. The van der Waals surface area contributed by atoms with Gasteiger partial charge in [0, 0.05) is 39.3 Å². The zero-order chi connectivity index (χ0) is 17.5. The molecule has 0 atom stereocenters. The van der Waals surface area contributed by atoms with Gasteiger partial charge in [0.05, 0.1) is 11.7 Å². The van der Waals surface area contributed by atoms with Crippen molar-refractivity contribution in [2.75, 3.05) is 11.1 Å². The molecule has 0 aliphatic carbocycles. The summed E-state index contributed by atoms with van der Waals surface area (Å²) in [6.45, 7) is 0. The number of aromatic nitrogens is 5. The Labute approximate surface area is 151 Å². The third-order valence-corrected chi connectivity index (χ3v) is 5.15. The molecule has 4 N–H and O–H groups in total. The van der Waals surface area contributed by atoms with E-state index in [1.54, 1.807) is 23.6 Å². The van der Waals surface area contributed by atoms with Gasteiger partial charge in [-0.15, -0.1) is 11.3 Å². The molecule has 7 nitrogen and oxygen atoms in total. The summed E-state index contributed by atoms with van der Waals surface area (Å²) >= 11 is 1.65. The maximum Gasteiger partial charge on any atom is 0.221 e. The number of pyridine rings is 1. The number of nitrogens with two attached hydrogens (primary N) is 1. The molecule has 126 valence electrons. The summed E-state index contributed by atoms with van der Waals surface area (Å²) in [5.74, 6) is 0.875. The van der Waals surface area contributed by atoms with Crippen LogP contribution in [0.3, 0.4) is 0 Å². The van der Waals surface area contributed by atoms with E-state index < -0.39 is 0 Å². The number of hydrogen-bond donors (Lipinski definition) is 3. The van der Waals surface area contributed by atoms with Crippen molar-refractivity contribution in [3.63, 3.8) is 0 Å². The second-order valence-corrected chi connectivity index (χ2v) is 6.82. The molecule has 0 radical (unpaired) electrons. The van der Waals surface area contributed by atoms with E-state index in [-0.39, 0.29) is 5.95 Å². The maximum atomic E-state index is 5.67. The number of hydrogen-bond acceptors (Lipinski definition) is 7. The van der Waals surface area contributed by atoms with E-state index in [1.807, 2.05) is 24.5 Å². The lowest BCUT2D eigenvalue weighted by molar-refractivity contribution is 1.12. The number of anilines is 3. The average molecular weight is 359 g/mol. The lowest BCUT2D eigenvalue weighted by atomic mass is 10.1. The van der Waals surface area contributed by atoms with Crippen molar-refractivity contribution in [3.8, 4) is 10.4 Å². The fourth-order valence-electron chi connectivity index (χ4n) is 2.92. The zero-order valence-corrected chi connectivity index (χ0v) is 14.3. The van der Waals surface area contributed by atoms with Gasteiger partial charge in [-0.05, 0) is 30.3 Å². The number of aromatic amines is 1. The number of benzene rings is 1. The minimum atomic E-state index is 0.232. The van der Waals surface area contributed by atoms with Crippen LogP contribution in [0.15, 0.2) is 55.0 Å². The molecule has 0 saturated carbocycles. The molecule has 0 bridgehead atoms. The van der Waals surface area contributed by atoms with Gasteiger partial charge in [-0.25, -0.2) is 9.97 Å². The lowest BCUT2D eigenvalue weighted by Crippen LogP contribution is -1.99. The maximum absolute atomic E-state index is 5.67. The van der Waals surface area contributed by atoms with Crippen LogP contribution in [-0.4, -0.2) is 25.1 Å². The molecule has 0 unspecified atom stereocenters. The summed E-state index contributed by atoms with van der Waals surface area (Å²) in [6.07, 6.45) is 5.25. The fraction of sp³-hybridized carbons (Fsp3) is 0. The molecule has 0 fully saturated rings. The van der Waals surface area contributed by atoms with Crippen molar-refractivity contribution in [1.82, 2.24) is 25.1 Å². The molecule has 26 heavy (non-hydrogen) atoms. The second kappa shape index (κ2) is 5.78. The van der Waals surface area contributed by atoms with Gasteiger partial charge in [-0.1, -0.05) is 6.07 Å². The largest absolute Gasteiger partial charge is 0.368 e. The van der Waals surface area contributed by atoms with E-state index in [0.717, 1.165) is 37.2 Å². The minimum absolute atomic E-state index is 0.232. The van der Waals surface area contributed by atoms with Crippen molar-refractivity contribution in [3.05, 3.63) is 55.0 Å². The summed E-state index contributed by atoms with van der Waals surface area (Å²) in [4.78, 5) is 14.7. The summed E-state index contributed by atoms with van der Waals surface area (Å²) < 4.78 is 0. The van der Waals surface area contributed by atoms with Crippen LogP contribution in [0.1, 0.15) is 0 Å². The third-order valence-electron chi connectivity index (χ3n) is 4.05. The van der Waals surface area contributed by atoms with E-state index >= 15 is 0 Å². The first-order valence-electron chi connectivity index (χ1n) is 7.94. The molecule has 8 heteroatoms. The van der Waals surface area contributed by atoms with Gasteiger partial charge in [0.15, 0.2) is 0 Å². The summed E-state index contributed by atoms with van der Waals surface area (Å²) in [7, 11) is 0. The molecule has 4 aromatic heterocycles. The molecule has 5 rings (SSSR count). The van der Waals surface area contributed by atoms with Crippen LogP contribution in [0, 0.1) is 0 Å². The van der Waals surface area contributed by atoms with E-state index in [2.05, 4.69) is 48.7 Å². The highest BCUT2D eigenvalue weighted by Crippen LogP contribution is 2.37. The Bertz CT molecular complexity index is 1210. The van der Waals surface area contributed by atoms with Gasteiger partial charge in [0.1, 0.15) is 10.6 Å². The summed E-state index contributed by atoms with van der Waals surface area (Å²) in [5, 5.41) is 12.7. The number of thiophene rings is 1. The lowest BCUT2D eigenvalue weighted by Gasteiger charge is -2.08. The van der Waals surface area contributed by atoms with Crippen molar-refractivity contribution < 1.29 is 0 Å². The van der Waals surface area contributed by atoms with Crippen molar-refractivity contribution in [1.29, 1.82) is 0 Å². The SMILES string of the molecule is Nc1nccc(Nc2cc(-c3cc4cccnc4s3)c3[nH]ncc3c2)n1. The first kappa shape index (κ1) is 14.8. The van der Waals surface area contributed by atoms with Crippen molar-refractivity contribution >= 4 is 49.9 Å². The van der Waals surface area contributed by atoms with E-state index in [1.165, 1.54) is 0 Å². The molecular weight excluding hydrogens is 346 g/mol. The number of rotatable bonds is 3. The van der Waals surface area contributed by atoms with Gasteiger partial charge in [0.2, 0.25) is 5.95 Å². The Morgan fingerprint density at radius 1 is 1.04 bits per heavy atom. The van der Waals surface area contributed by atoms with Crippen LogP contribution < -0.4 is 11.1 Å². The highest BCUT2D eigenvalue weighted by Gasteiger charge is 2.12. The van der Waals surface area contributed by atoms with Crippen LogP contribution in [0.5, 0.6) is 0 Å². The van der Waals surface area contributed by atoms with Gasteiger partial charge in [0.25, 0.3) is 0 Å². The van der Waals surface area contributed by atoms with Gasteiger partial charge >= 0.3 is 0 Å². The molecule has 0 saturated heterocycles. The Hall–Kier alpha value is -3.52. The highest BCUT2D eigenvalue weighted by atomic mass is 32.1. The second-order valence-electron chi connectivity index (χ2n) is 5.79. The standard InChI is InChI=1S/C18H13N7S/c19-18-21-5-3-15(24-18)23-12-6-11-9-22-25-16(11)13(8-12)14-7-10-2-1-4-20-17(10)26-14/h1-9H,(H,22,25)(H3,19,21,23,24). The third kappa shape index (κ3) is 2.52. The smallest absolute Gasteiger partial charge is 0.221 e. The first-order chi connectivity index (χ1) is 12.8. The molecule has 0 aliphatic heterocycles. The summed E-state index contributed by atoms with van der Waals surface area (Å²) in [6, 6.07) is 12.0. The predicted molar refractivity (Wildman–Crippen MR) is 104 cm³/mol. The Morgan fingerprint density at radius 2 is 2.00 bits per heavy atom. The van der Waals surface area contributed by atoms with Gasteiger partial charge in [-0.3, -0.25) is 5.10 Å². The minimum Gasteiger partial charge on any atom is -0.368 e. The summed E-state index contributed by atoms with van der Waals surface area (Å²) in [5.41, 5.74) is 8.62. The van der Waals surface area contributed by atoms with Crippen LogP contribution in [-0.2, 0) is 0 Å². The predicted octanol–water partition coefficient (Wildman–Crippen LogP) is 3.96. The van der Waals surface area contributed by atoms with E-state index in [0.29, 0.717) is 5.82 Å². The molecule has 0 amide bonds. The highest BCUT2D eigenvalue weighted by molar-refractivity contribution is 7.21. The van der Waals surface area contributed by atoms with Crippen LogP contribution >= 0.6 is 11.3 Å². The van der Waals surface area contributed by atoms with Crippen molar-refractivity contribution in [2.45, 2.75) is 0 Å². The monoisotopic (exact) mass is 359 g/mol. The molecule has 0 spiro atoms. The molecule has 1 aromatic carbocycles. The molecular formula is C18H13N7S. The Balaban J connectivity index is 1.65. The van der Waals surface area contributed by atoms with E-state index in [9.17, 15) is 0 Å². The van der Waals surface area contributed by atoms with Crippen molar-refractivity contribution in [2.24, 2.45) is 0 Å². The normalized spacial score (nSPS) is 11.2. The number of fused-ring (bicyclic) bond motifs is 2. The number of H-pyrrole nitrogens is 1. The van der Waals surface area contributed by atoms with Crippen LogP contribution in [0.4, 0.5) is 17.5 Å². The zero-order valence-electron chi connectivity index (χ0n) is 13.5. The van der Waals surface area contributed by atoms with Gasteiger partial charge < -0.3 is 11.1 Å². The number of nitrogen functional groups attached to an aromatic ring is 1. The average Bonchev–Trinajstić information content (AvgIpc) is 3.27. The van der Waals surface area contributed by atoms with Crippen LogP contribution in [0.2, 0.25) is 0 Å². The molecule has 0 aliphatic rings. The van der Waals surface area contributed by atoms with E-state index in [4.69, 9.17) is 5.73 Å². The molecule has 5 aromatic rings.